The van der Waals surface area contributed by atoms with Gasteiger partial charge in [0.05, 0.1) is 12.7 Å². The number of hydrogen-bond donors (Lipinski definition) is 2. The lowest BCUT2D eigenvalue weighted by Gasteiger charge is -2.44. The first kappa shape index (κ1) is 26.5. The molecule has 0 saturated carbocycles. The summed E-state index contributed by atoms with van der Waals surface area (Å²) in [5.41, 5.74) is 1.37. The number of carbonyl (C=O) groups is 1. The van der Waals surface area contributed by atoms with Crippen LogP contribution in [0.15, 0.2) is 47.6 Å². The molecule has 1 amide bonds. The predicted octanol–water partition coefficient (Wildman–Crippen LogP) is 2.12. The number of amides is 1. The van der Waals surface area contributed by atoms with E-state index in [0.29, 0.717) is 39.2 Å². The number of fused-ring (bicyclic) bond motifs is 1. The van der Waals surface area contributed by atoms with E-state index in [4.69, 9.17) is 4.74 Å². The van der Waals surface area contributed by atoms with Crippen molar-refractivity contribution < 1.29 is 23.1 Å². The Morgan fingerprint density at radius 1 is 1.25 bits per heavy atom. The first-order chi connectivity index (χ1) is 17.2. The van der Waals surface area contributed by atoms with E-state index in [1.807, 2.05) is 35.9 Å². The summed E-state index contributed by atoms with van der Waals surface area (Å²) in [5, 5.41) is 10.5. The zero-order valence-electron chi connectivity index (χ0n) is 21.0. The number of nitrogens with one attached hydrogen (secondary N) is 1. The molecule has 10 heteroatoms. The Balaban J connectivity index is 1.67. The second kappa shape index (κ2) is 11.2. The van der Waals surface area contributed by atoms with Crippen LogP contribution < -0.4 is 9.46 Å². The maximum atomic E-state index is 13.2. The zero-order valence-corrected chi connectivity index (χ0v) is 21.8. The van der Waals surface area contributed by atoms with Crippen molar-refractivity contribution in [2.75, 3.05) is 46.4 Å². The summed E-state index contributed by atoms with van der Waals surface area (Å²) in [4.78, 5) is 20.6. The molecule has 0 radical (unpaired) electrons. The van der Waals surface area contributed by atoms with Crippen molar-refractivity contribution in [3.05, 3.63) is 42.7 Å². The number of pyridine rings is 1. The lowest BCUT2D eigenvalue weighted by Crippen LogP contribution is -2.51. The number of hydrogen-bond acceptors (Lipinski definition) is 7. The van der Waals surface area contributed by atoms with Crippen molar-refractivity contribution in [3.63, 3.8) is 0 Å². The topological polar surface area (TPSA) is 112 Å². The van der Waals surface area contributed by atoms with Gasteiger partial charge in [-0.15, -0.1) is 0 Å². The van der Waals surface area contributed by atoms with Gasteiger partial charge in [-0.1, -0.05) is 19.1 Å². The Morgan fingerprint density at radius 2 is 2.03 bits per heavy atom. The number of ether oxygens (including phenoxy) is 1. The summed E-state index contributed by atoms with van der Waals surface area (Å²) in [6, 6.07) is 8.76. The number of rotatable bonds is 3. The van der Waals surface area contributed by atoms with Crippen LogP contribution >= 0.6 is 0 Å². The smallest absolute Gasteiger partial charge is 0.244 e. The van der Waals surface area contributed by atoms with E-state index in [1.54, 1.807) is 30.6 Å². The molecular weight excluding hydrogens is 480 g/mol. The molecular formula is C26H36N4O5S. The number of nitrogens with zero attached hydrogens (tertiary/aromatic N) is 3. The maximum Gasteiger partial charge on any atom is 0.244 e. The molecule has 1 saturated heterocycles. The molecule has 1 aromatic carbocycles. The number of piperidine rings is 1. The van der Waals surface area contributed by atoms with E-state index >= 15 is 0 Å². The summed E-state index contributed by atoms with van der Waals surface area (Å²) < 4.78 is 35.2. The molecule has 2 aromatic rings. The molecule has 2 aliphatic rings. The van der Waals surface area contributed by atoms with Gasteiger partial charge in [-0.3, -0.25) is 9.78 Å². The van der Waals surface area contributed by atoms with Gasteiger partial charge in [0.25, 0.3) is 0 Å². The molecule has 2 N–H and O–H groups in total. The van der Waals surface area contributed by atoms with Crippen LogP contribution in [-0.4, -0.2) is 86.7 Å². The highest BCUT2D eigenvalue weighted by molar-refractivity contribution is 7.89. The molecule has 196 valence electrons. The molecule has 1 spiro atoms. The highest BCUT2D eigenvalue weighted by atomic mass is 32.2. The van der Waals surface area contributed by atoms with E-state index in [9.17, 15) is 18.3 Å². The number of aliphatic hydroxyl groups is 1. The Hall–Kier alpha value is -2.53. The Morgan fingerprint density at radius 3 is 2.72 bits per heavy atom. The van der Waals surface area contributed by atoms with Crippen LogP contribution in [0.1, 0.15) is 32.6 Å². The SMILES string of the molecule is CCCC(=O)N1CCC2(CC1)COc1cc(-c3cccnc3)ccc1S(=O)(=O)NCC(O)CN(C)C2. The quantitative estimate of drug-likeness (QED) is 0.643. The van der Waals surface area contributed by atoms with Crippen molar-refractivity contribution in [1.82, 2.24) is 19.5 Å². The number of likely N-dealkylation sites (N-methyl/N-ethyl adjacent to an activating group) is 1. The number of aliphatic hydroxyl groups excluding tert-OH is 1. The van der Waals surface area contributed by atoms with E-state index in [-0.39, 0.29) is 28.5 Å². The normalized spacial score (nSPS) is 22.6. The van der Waals surface area contributed by atoms with Crippen LogP contribution in [0.2, 0.25) is 0 Å². The lowest BCUT2D eigenvalue weighted by molar-refractivity contribution is -0.134. The molecule has 1 fully saturated rings. The lowest BCUT2D eigenvalue weighted by atomic mass is 9.78. The number of β-amino-alcohol motifs (C(OH)–C–C–N with tert-alkyl or cyclic N) is 1. The van der Waals surface area contributed by atoms with Gasteiger partial charge in [0.2, 0.25) is 15.9 Å². The van der Waals surface area contributed by atoms with Crippen LogP contribution in [-0.2, 0) is 14.8 Å². The minimum atomic E-state index is -3.91. The number of carbonyl (C=O) groups excluding carboxylic acids is 1. The van der Waals surface area contributed by atoms with Gasteiger partial charge in [0.15, 0.2) is 0 Å². The van der Waals surface area contributed by atoms with Gasteiger partial charge in [0.1, 0.15) is 10.6 Å². The highest BCUT2D eigenvalue weighted by Crippen LogP contribution is 2.36. The maximum absolute atomic E-state index is 13.2. The van der Waals surface area contributed by atoms with Gasteiger partial charge >= 0.3 is 0 Å². The Labute approximate surface area is 213 Å². The predicted molar refractivity (Wildman–Crippen MR) is 137 cm³/mol. The van der Waals surface area contributed by atoms with Gasteiger partial charge in [0, 0.05) is 62.5 Å². The van der Waals surface area contributed by atoms with Crippen LogP contribution in [0.5, 0.6) is 5.75 Å². The summed E-state index contributed by atoms with van der Waals surface area (Å²) >= 11 is 0. The molecule has 36 heavy (non-hydrogen) atoms. The Bertz CT molecular complexity index is 1150. The van der Waals surface area contributed by atoms with Crippen molar-refractivity contribution in [1.29, 1.82) is 0 Å². The average molecular weight is 517 g/mol. The molecule has 3 heterocycles. The van der Waals surface area contributed by atoms with Crippen LogP contribution in [0, 0.1) is 5.41 Å². The molecule has 0 aliphatic carbocycles. The highest BCUT2D eigenvalue weighted by Gasteiger charge is 2.38. The number of aromatic nitrogens is 1. The van der Waals surface area contributed by atoms with E-state index in [1.165, 1.54) is 0 Å². The third kappa shape index (κ3) is 6.23. The van der Waals surface area contributed by atoms with Gasteiger partial charge in [-0.25, -0.2) is 13.1 Å². The van der Waals surface area contributed by atoms with E-state index < -0.39 is 16.1 Å². The minimum absolute atomic E-state index is 0.0435. The molecule has 9 nitrogen and oxygen atoms in total. The van der Waals surface area contributed by atoms with E-state index in [0.717, 1.165) is 30.4 Å². The summed E-state index contributed by atoms with van der Waals surface area (Å²) in [7, 11) is -1.98. The van der Waals surface area contributed by atoms with Gasteiger partial charge in [-0.2, -0.15) is 0 Å². The van der Waals surface area contributed by atoms with Crippen molar-refractivity contribution in [2.45, 2.75) is 43.6 Å². The second-order valence-electron chi connectivity index (χ2n) is 10.0. The number of likely N-dealkylation sites (tertiary alicyclic amines) is 1. The first-order valence-electron chi connectivity index (χ1n) is 12.5. The van der Waals surface area contributed by atoms with Crippen LogP contribution in [0.25, 0.3) is 11.1 Å². The molecule has 1 unspecified atom stereocenters. The largest absolute Gasteiger partial charge is 0.492 e. The number of sulfonamides is 1. The van der Waals surface area contributed by atoms with Gasteiger partial charge < -0.3 is 19.6 Å². The first-order valence-corrected chi connectivity index (χ1v) is 14.0. The fraction of sp³-hybridized carbons (Fsp3) is 0.538. The van der Waals surface area contributed by atoms with Crippen LogP contribution in [0.3, 0.4) is 0 Å². The molecule has 2 aliphatic heterocycles. The summed E-state index contributed by atoms with van der Waals surface area (Å²) in [6.07, 6.45) is 5.40. The fourth-order valence-corrected chi connectivity index (χ4v) is 6.28. The average Bonchev–Trinajstić information content (AvgIpc) is 2.87. The zero-order chi connectivity index (χ0) is 25.8. The van der Waals surface area contributed by atoms with Crippen molar-refractivity contribution in [3.8, 4) is 16.9 Å². The molecule has 1 atom stereocenters. The standard InChI is InChI=1S/C26H36N4O5S/c1-3-5-25(32)30-12-9-26(10-13-30)18-29(2)17-22(31)16-28-36(33,34)24-8-7-20(14-23(24)35-19-26)21-6-4-11-27-15-21/h4,6-8,11,14-15,22,28,31H,3,5,9-10,12-13,16-19H2,1-2H3. The fourth-order valence-electron chi connectivity index (χ4n) is 5.08. The van der Waals surface area contributed by atoms with Crippen molar-refractivity contribution in [2.24, 2.45) is 5.41 Å². The monoisotopic (exact) mass is 516 g/mol. The molecule has 4 rings (SSSR count). The van der Waals surface area contributed by atoms with Crippen molar-refractivity contribution >= 4 is 15.9 Å². The third-order valence-electron chi connectivity index (χ3n) is 7.04. The third-order valence-corrected chi connectivity index (χ3v) is 8.50. The van der Waals surface area contributed by atoms with Crippen LogP contribution in [0.4, 0.5) is 0 Å². The summed E-state index contributed by atoms with van der Waals surface area (Å²) in [6.45, 7) is 4.50. The summed E-state index contributed by atoms with van der Waals surface area (Å²) in [5.74, 6) is 0.444. The van der Waals surface area contributed by atoms with E-state index in [2.05, 4.69) is 9.71 Å². The molecule has 0 bridgehead atoms. The second-order valence-corrected chi connectivity index (χ2v) is 11.8. The molecule has 1 aromatic heterocycles. The van der Waals surface area contributed by atoms with Gasteiger partial charge in [-0.05, 0) is 50.1 Å². The number of benzene rings is 1. The Kier molecular flexibility index (Phi) is 8.29. The minimum Gasteiger partial charge on any atom is -0.492 e.